The van der Waals surface area contributed by atoms with Crippen molar-refractivity contribution in [1.29, 1.82) is 0 Å². The fourth-order valence-electron chi connectivity index (χ4n) is 3.07. The third-order valence-electron chi connectivity index (χ3n) is 4.62. The third-order valence-corrected chi connectivity index (χ3v) is 4.62. The van der Waals surface area contributed by atoms with Gasteiger partial charge in [-0.1, -0.05) is 6.07 Å². The highest BCUT2D eigenvalue weighted by molar-refractivity contribution is 5.75. The number of ether oxygens (including phenoxy) is 2. The number of rotatable bonds is 6. The van der Waals surface area contributed by atoms with Crippen LogP contribution >= 0.6 is 0 Å². The molecule has 134 valence electrons. The molecule has 25 heavy (non-hydrogen) atoms. The highest BCUT2D eigenvalue weighted by atomic mass is 16.5. The van der Waals surface area contributed by atoms with Crippen molar-refractivity contribution in [3.8, 4) is 22.6 Å². The van der Waals surface area contributed by atoms with Gasteiger partial charge in [0.2, 0.25) is 5.95 Å². The summed E-state index contributed by atoms with van der Waals surface area (Å²) in [5.74, 6) is 2.33. The predicted molar refractivity (Wildman–Crippen MR) is 99.1 cm³/mol. The second-order valence-corrected chi connectivity index (χ2v) is 6.20. The molecule has 1 unspecified atom stereocenters. The molecule has 1 aromatic heterocycles. The Morgan fingerprint density at radius 1 is 1.36 bits per heavy atom. The maximum Gasteiger partial charge on any atom is 0.224 e. The normalized spacial score (nSPS) is 17.5. The van der Waals surface area contributed by atoms with E-state index in [1.165, 1.54) is 6.42 Å². The van der Waals surface area contributed by atoms with E-state index in [-0.39, 0.29) is 0 Å². The average Bonchev–Trinajstić information content (AvgIpc) is 3.04. The Morgan fingerprint density at radius 2 is 2.20 bits per heavy atom. The molecule has 3 N–H and O–H groups in total. The number of nitrogens with one attached hydrogen (secondary N) is 1. The zero-order valence-corrected chi connectivity index (χ0v) is 15.0. The third kappa shape index (κ3) is 3.76. The van der Waals surface area contributed by atoms with Crippen molar-refractivity contribution in [2.45, 2.75) is 18.9 Å². The number of hydrogen-bond donors (Lipinski definition) is 2. The van der Waals surface area contributed by atoms with Gasteiger partial charge in [-0.25, -0.2) is 4.98 Å². The Bertz CT molecular complexity index is 737. The monoisotopic (exact) mass is 343 g/mol. The molecule has 1 aromatic carbocycles. The lowest BCUT2D eigenvalue weighted by molar-refractivity contribution is 0.193. The summed E-state index contributed by atoms with van der Waals surface area (Å²) in [6.45, 7) is 1.76. The summed E-state index contributed by atoms with van der Waals surface area (Å²) >= 11 is 0. The Kier molecular flexibility index (Phi) is 5.23. The Balaban J connectivity index is 1.84. The molecule has 2 heterocycles. The van der Waals surface area contributed by atoms with E-state index in [0.29, 0.717) is 35.9 Å². The lowest BCUT2D eigenvalue weighted by Gasteiger charge is -2.21. The van der Waals surface area contributed by atoms with Gasteiger partial charge in [0, 0.05) is 24.8 Å². The van der Waals surface area contributed by atoms with E-state index in [2.05, 4.69) is 27.2 Å². The Hall–Kier alpha value is -2.54. The summed E-state index contributed by atoms with van der Waals surface area (Å²) in [7, 11) is 5.53. The molecular formula is C18H25N5O2. The lowest BCUT2D eigenvalue weighted by Crippen LogP contribution is -2.30. The minimum absolute atomic E-state index is 0.422. The summed E-state index contributed by atoms with van der Waals surface area (Å²) in [6, 6.07) is 6.19. The number of benzene rings is 1. The van der Waals surface area contributed by atoms with E-state index >= 15 is 0 Å². The molecule has 0 radical (unpaired) electrons. The van der Waals surface area contributed by atoms with E-state index in [1.807, 2.05) is 18.2 Å². The van der Waals surface area contributed by atoms with Gasteiger partial charge in [0.05, 0.1) is 7.11 Å². The van der Waals surface area contributed by atoms with Crippen LogP contribution < -0.4 is 20.5 Å². The quantitative estimate of drug-likeness (QED) is 0.832. The van der Waals surface area contributed by atoms with Gasteiger partial charge < -0.3 is 25.4 Å². The molecule has 0 saturated carbocycles. The van der Waals surface area contributed by atoms with Crippen LogP contribution in [-0.2, 0) is 0 Å². The van der Waals surface area contributed by atoms with Crippen molar-refractivity contribution in [3.63, 3.8) is 0 Å². The van der Waals surface area contributed by atoms with Gasteiger partial charge >= 0.3 is 0 Å². The molecule has 0 bridgehead atoms. The maximum atomic E-state index is 6.07. The molecule has 2 aromatic rings. The smallest absolute Gasteiger partial charge is 0.224 e. The van der Waals surface area contributed by atoms with Gasteiger partial charge in [0.1, 0.15) is 12.4 Å². The first-order valence-electron chi connectivity index (χ1n) is 8.44. The number of nitrogens with zero attached hydrogens (tertiary/aromatic N) is 3. The largest absolute Gasteiger partial charge is 0.493 e. The van der Waals surface area contributed by atoms with Crippen LogP contribution in [0.1, 0.15) is 12.8 Å². The molecule has 1 aliphatic rings. The minimum atomic E-state index is 0.422. The topological polar surface area (TPSA) is 85.5 Å². The molecule has 7 heteroatoms. The molecule has 1 atom stereocenters. The Labute approximate surface area is 148 Å². The molecule has 0 spiro atoms. The molecule has 1 aliphatic heterocycles. The SMILES string of the molecule is CNc1ncc(-c2ccc(OC)c(OCC3CCCN3C)c2)c(N)n1. The number of nitrogen functional groups attached to an aromatic ring is 1. The number of hydrogen-bond acceptors (Lipinski definition) is 7. The van der Waals surface area contributed by atoms with Gasteiger partial charge in [0.25, 0.3) is 0 Å². The molecule has 0 aliphatic carbocycles. The van der Waals surface area contributed by atoms with Gasteiger partial charge in [-0.05, 0) is 44.1 Å². The second kappa shape index (κ2) is 7.57. The molecule has 3 rings (SSSR count). The van der Waals surface area contributed by atoms with Crippen LogP contribution in [0.15, 0.2) is 24.4 Å². The van der Waals surface area contributed by atoms with Crippen molar-refractivity contribution in [2.24, 2.45) is 0 Å². The minimum Gasteiger partial charge on any atom is -0.493 e. The molecule has 1 saturated heterocycles. The number of aromatic nitrogens is 2. The van der Waals surface area contributed by atoms with Crippen molar-refractivity contribution in [1.82, 2.24) is 14.9 Å². The molecular weight excluding hydrogens is 318 g/mol. The van der Waals surface area contributed by atoms with Crippen LogP contribution in [0.4, 0.5) is 11.8 Å². The lowest BCUT2D eigenvalue weighted by atomic mass is 10.1. The number of methoxy groups -OCH3 is 1. The highest BCUT2D eigenvalue weighted by Gasteiger charge is 2.22. The standard InChI is InChI=1S/C18H25N5O2/c1-20-18-21-10-14(17(19)22-18)12-6-7-15(24-3)16(9-12)25-11-13-5-4-8-23(13)2/h6-7,9-10,13H,4-5,8,11H2,1-3H3,(H3,19,20,21,22). The van der Waals surface area contributed by atoms with Gasteiger partial charge in [-0.3, -0.25) is 0 Å². The van der Waals surface area contributed by atoms with Crippen LogP contribution in [-0.4, -0.2) is 55.3 Å². The first-order chi connectivity index (χ1) is 12.1. The first kappa shape index (κ1) is 17.3. The summed E-state index contributed by atoms with van der Waals surface area (Å²) in [5.41, 5.74) is 7.74. The Morgan fingerprint density at radius 3 is 2.84 bits per heavy atom. The molecule has 1 fully saturated rings. The zero-order valence-electron chi connectivity index (χ0n) is 15.0. The van der Waals surface area contributed by atoms with Gasteiger partial charge in [-0.15, -0.1) is 0 Å². The maximum absolute atomic E-state index is 6.07. The summed E-state index contributed by atoms with van der Waals surface area (Å²) in [6.07, 6.45) is 4.09. The molecule has 7 nitrogen and oxygen atoms in total. The summed E-state index contributed by atoms with van der Waals surface area (Å²) < 4.78 is 11.5. The van der Waals surface area contributed by atoms with Crippen LogP contribution in [0.2, 0.25) is 0 Å². The van der Waals surface area contributed by atoms with Crippen molar-refractivity contribution in [2.75, 3.05) is 45.4 Å². The number of likely N-dealkylation sites (tertiary alicyclic amines) is 1. The number of nitrogens with two attached hydrogens (primary N) is 1. The van der Waals surface area contributed by atoms with E-state index < -0.39 is 0 Å². The zero-order chi connectivity index (χ0) is 17.8. The average molecular weight is 343 g/mol. The number of likely N-dealkylation sites (N-methyl/N-ethyl adjacent to an activating group) is 1. The second-order valence-electron chi connectivity index (χ2n) is 6.20. The van der Waals surface area contributed by atoms with Crippen LogP contribution in [0.5, 0.6) is 11.5 Å². The van der Waals surface area contributed by atoms with Crippen LogP contribution in [0, 0.1) is 0 Å². The van der Waals surface area contributed by atoms with E-state index in [4.69, 9.17) is 15.2 Å². The van der Waals surface area contributed by atoms with Crippen molar-refractivity contribution >= 4 is 11.8 Å². The van der Waals surface area contributed by atoms with Crippen LogP contribution in [0.25, 0.3) is 11.1 Å². The van der Waals surface area contributed by atoms with Gasteiger partial charge in [0.15, 0.2) is 11.5 Å². The van der Waals surface area contributed by atoms with Crippen molar-refractivity contribution in [3.05, 3.63) is 24.4 Å². The number of anilines is 2. The summed E-state index contributed by atoms with van der Waals surface area (Å²) in [4.78, 5) is 10.8. The predicted octanol–water partition coefficient (Wildman–Crippen LogP) is 2.25. The van der Waals surface area contributed by atoms with E-state index in [9.17, 15) is 0 Å². The van der Waals surface area contributed by atoms with Crippen LogP contribution in [0.3, 0.4) is 0 Å². The molecule has 0 amide bonds. The fourth-order valence-corrected chi connectivity index (χ4v) is 3.07. The van der Waals surface area contributed by atoms with Crippen molar-refractivity contribution < 1.29 is 9.47 Å². The van der Waals surface area contributed by atoms with E-state index in [0.717, 1.165) is 24.1 Å². The first-order valence-corrected chi connectivity index (χ1v) is 8.44. The highest BCUT2D eigenvalue weighted by Crippen LogP contribution is 2.34. The van der Waals surface area contributed by atoms with E-state index in [1.54, 1.807) is 20.4 Å². The summed E-state index contributed by atoms with van der Waals surface area (Å²) in [5, 5.41) is 2.88. The fraction of sp³-hybridized carbons (Fsp3) is 0.444. The van der Waals surface area contributed by atoms with Gasteiger partial charge in [-0.2, -0.15) is 4.98 Å².